The van der Waals surface area contributed by atoms with E-state index in [-0.39, 0.29) is 11.6 Å². The van der Waals surface area contributed by atoms with Crippen LogP contribution in [0.25, 0.3) is 0 Å². The van der Waals surface area contributed by atoms with Crippen LogP contribution in [0.1, 0.15) is 45.9 Å². The minimum absolute atomic E-state index is 0.0850. The van der Waals surface area contributed by atoms with Crippen LogP contribution in [0.15, 0.2) is 23.6 Å². The van der Waals surface area contributed by atoms with Crippen LogP contribution < -0.4 is 5.32 Å². The normalized spacial score (nSPS) is 12.2. The van der Waals surface area contributed by atoms with Gasteiger partial charge in [-0.25, -0.2) is 9.78 Å². The third-order valence-corrected chi connectivity index (χ3v) is 4.15. The number of pyridine rings is 1. The molecule has 0 fully saturated rings. The largest absolute Gasteiger partial charge is 0.478 e. The summed E-state index contributed by atoms with van der Waals surface area (Å²) in [7, 11) is 0. The molecule has 1 unspecified atom stereocenters. The average Bonchev–Trinajstić information content (AvgIpc) is 2.88. The van der Waals surface area contributed by atoms with Gasteiger partial charge >= 0.3 is 5.97 Å². The van der Waals surface area contributed by atoms with Crippen LogP contribution in [0.4, 0.5) is 5.82 Å². The zero-order valence-corrected chi connectivity index (χ0v) is 12.6. The van der Waals surface area contributed by atoms with Gasteiger partial charge in [0.2, 0.25) is 0 Å². The molecule has 2 aromatic rings. The molecule has 2 aromatic heterocycles. The lowest BCUT2D eigenvalue weighted by Gasteiger charge is -2.19. The second-order valence-electron chi connectivity index (χ2n) is 4.73. The highest BCUT2D eigenvalue weighted by atomic mass is 32.1. The van der Waals surface area contributed by atoms with E-state index in [1.165, 1.54) is 4.88 Å². The van der Waals surface area contributed by atoms with Gasteiger partial charge in [-0.15, -0.1) is 11.3 Å². The second kappa shape index (κ2) is 6.05. The Balaban J connectivity index is 2.39. The van der Waals surface area contributed by atoms with Crippen LogP contribution >= 0.6 is 11.3 Å². The molecule has 0 saturated carbocycles. The molecule has 5 heteroatoms. The summed E-state index contributed by atoms with van der Waals surface area (Å²) >= 11 is 1.66. The molecule has 0 aromatic carbocycles. The van der Waals surface area contributed by atoms with Gasteiger partial charge in [-0.3, -0.25) is 0 Å². The van der Waals surface area contributed by atoms with Gasteiger partial charge in [-0.05, 0) is 43.3 Å². The highest BCUT2D eigenvalue weighted by Crippen LogP contribution is 2.28. The highest BCUT2D eigenvalue weighted by molar-refractivity contribution is 7.10. The maximum atomic E-state index is 11.4. The standard InChI is InChI=1S/C15H18N2O2S/c1-4-11(12-6-5-7-20-12)17-14-13(15(18)19)9(2)8-10(3)16-14/h5-8,11H,4H2,1-3H3,(H,16,17)(H,18,19). The van der Waals surface area contributed by atoms with E-state index in [0.717, 1.165) is 17.7 Å². The van der Waals surface area contributed by atoms with Crippen LogP contribution in [0, 0.1) is 13.8 Å². The summed E-state index contributed by atoms with van der Waals surface area (Å²) in [6.07, 6.45) is 0.869. The fourth-order valence-electron chi connectivity index (χ4n) is 2.24. The Kier molecular flexibility index (Phi) is 4.39. The summed E-state index contributed by atoms with van der Waals surface area (Å²) in [6.45, 7) is 5.74. The highest BCUT2D eigenvalue weighted by Gasteiger charge is 2.19. The van der Waals surface area contributed by atoms with Gasteiger partial charge in [0.15, 0.2) is 0 Å². The minimum Gasteiger partial charge on any atom is -0.478 e. The van der Waals surface area contributed by atoms with E-state index >= 15 is 0 Å². The lowest BCUT2D eigenvalue weighted by molar-refractivity contribution is 0.0696. The fraction of sp³-hybridized carbons (Fsp3) is 0.333. The number of carbonyl (C=O) groups is 1. The summed E-state index contributed by atoms with van der Waals surface area (Å²) in [4.78, 5) is 17.0. The molecule has 0 spiro atoms. The number of anilines is 1. The number of carboxylic acids is 1. The number of rotatable bonds is 5. The number of hydrogen-bond donors (Lipinski definition) is 2. The molecule has 0 aliphatic heterocycles. The van der Waals surface area contributed by atoms with Crippen molar-refractivity contribution in [3.05, 3.63) is 45.3 Å². The van der Waals surface area contributed by atoms with Gasteiger partial charge in [0, 0.05) is 10.6 Å². The summed E-state index contributed by atoms with van der Waals surface area (Å²) < 4.78 is 0. The molecule has 2 heterocycles. The van der Waals surface area contributed by atoms with Crippen molar-refractivity contribution in [2.75, 3.05) is 5.32 Å². The molecule has 0 aliphatic rings. The quantitative estimate of drug-likeness (QED) is 0.873. The summed E-state index contributed by atoms with van der Waals surface area (Å²) in [6, 6.07) is 5.93. The number of thiophene rings is 1. The predicted octanol–water partition coefficient (Wildman–Crippen LogP) is 4.02. The average molecular weight is 290 g/mol. The Morgan fingerprint density at radius 2 is 2.25 bits per heavy atom. The van der Waals surface area contributed by atoms with Gasteiger partial charge in [0.05, 0.1) is 6.04 Å². The van der Waals surface area contributed by atoms with Crippen molar-refractivity contribution in [1.82, 2.24) is 4.98 Å². The predicted molar refractivity (Wildman–Crippen MR) is 81.6 cm³/mol. The molecular weight excluding hydrogens is 272 g/mol. The molecule has 0 bridgehead atoms. The van der Waals surface area contributed by atoms with Crippen LogP contribution in [0.3, 0.4) is 0 Å². The van der Waals surface area contributed by atoms with Crippen molar-refractivity contribution >= 4 is 23.1 Å². The topological polar surface area (TPSA) is 62.2 Å². The van der Waals surface area contributed by atoms with Crippen molar-refractivity contribution in [3.8, 4) is 0 Å². The molecule has 0 amide bonds. The van der Waals surface area contributed by atoms with E-state index in [1.807, 2.05) is 18.4 Å². The molecule has 4 nitrogen and oxygen atoms in total. The first-order chi connectivity index (χ1) is 9.52. The Morgan fingerprint density at radius 3 is 2.80 bits per heavy atom. The van der Waals surface area contributed by atoms with Gasteiger partial charge in [-0.1, -0.05) is 13.0 Å². The molecule has 20 heavy (non-hydrogen) atoms. The molecule has 1 atom stereocenters. The first-order valence-corrected chi connectivity index (χ1v) is 7.42. The van der Waals surface area contributed by atoms with Gasteiger partial charge < -0.3 is 10.4 Å². The Morgan fingerprint density at radius 1 is 1.50 bits per heavy atom. The lowest BCUT2D eigenvalue weighted by atomic mass is 10.1. The van der Waals surface area contributed by atoms with E-state index < -0.39 is 5.97 Å². The monoisotopic (exact) mass is 290 g/mol. The Bertz CT molecular complexity index is 609. The van der Waals surface area contributed by atoms with Gasteiger partial charge in [0.1, 0.15) is 11.4 Å². The zero-order valence-electron chi connectivity index (χ0n) is 11.8. The maximum absolute atomic E-state index is 11.4. The van der Waals surface area contributed by atoms with E-state index in [1.54, 1.807) is 24.3 Å². The van der Waals surface area contributed by atoms with Crippen LogP contribution in [0.2, 0.25) is 0 Å². The van der Waals surface area contributed by atoms with Crippen molar-refractivity contribution < 1.29 is 9.90 Å². The Hall–Kier alpha value is -1.88. The van der Waals surface area contributed by atoms with Gasteiger partial charge in [-0.2, -0.15) is 0 Å². The molecule has 2 rings (SSSR count). The molecule has 2 N–H and O–H groups in total. The summed E-state index contributed by atoms with van der Waals surface area (Å²) in [5.74, 6) is -0.492. The maximum Gasteiger partial charge on any atom is 0.339 e. The van der Waals surface area contributed by atoms with Crippen LogP contribution in [-0.4, -0.2) is 16.1 Å². The molecule has 0 saturated heterocycles. The Labute approximate surface area is 122 Å². The van der Waals surface area contributed by atoms with Crippen molar-refractivity contribution in [2.45, 2.75) is 33.2 Å². The minimum atomic E-state index is -0.946. The van der Waals surface area contributed by atoms with E-state index in [4.69, 9.17) is 0 Å². The number of aromatic nitrogens is 1. The molecule has 0 radical (unpaired) electrons. The van der Waals surface area contributed by atoms with Crippen molar-refractivity contribution in [3.63, 3.8) is 0 Å². The van der Waals surface area contributed by atoms with Crippen LogP contribution in [-0.2, 0) is 0 Å². The SMILES string of the molecule is CCC(Nc1nc(C)cc(C)c1C(=O)O)c1cccs1. The van der Waals surface area contributed by atoms with Crippen molar-refractivity contribution in [2.24, 2.45) is 0 Å². The third-order valence-electron chi connectivity index (χ3n) is 3.16. The van der Waals surface area contributed by atoms with Gasteiger partial charge in [0.25, 0.3) is 0 Å². The molecule has 106 valence electrons. The van der Waals surface area contributed by atoms with E-state index in [0.29, 0.717) is 5.82 Å². The number of carboxylic acid groups (broad SMARTS) is 1. The number of nitrogens with one attached hydrogen (secondary N) is 1. The van der Waals surface area contributed by atoms with Crippen molar-refractivity contribution in [1.29, 1.82) is 0 Å². The number of nitrogens with zero attached hydrogens (tertiary/aromatic N) is 1. The molecule has 0 aliphatic carbocycles. The zero-order chi connectivity index (χ0) is 14.7. The first kappa shape index (κ1) is 14.5. The van der Waals surface area contributed by atoms with E-state index in [2.05, 4.69) is 23.3 Å². The number of aryl methyl sites for hydroxylation is 2. The third kappa shape index (κ3) is 2.99. The smallest absolute Gasteiger partial charge is 0.339 e. The molecular formula is C15H18N2O2S. The number of aromatic carboxylic acids is 1. The van der Waals surface area contributed by atoms with Crippen LogP contribution in [0.5, 0.6) is 0 Å². The first-order valence-electron chi connectivity index (χ1n) is 6.54. The fourth-order valence-corrected chi connectivity index (χ4v) is 3.10. The lowest BCUT2D eigenvalue weighted by Crippen LogP contribution is -2.15. The van der Waals surface area contributed by atoms with E-state index in [9.17, 15) is 9.90 Å². The second-order valence-corrected chi connectivity index (χ2v) is 5.71. The summed E-state index contributed by atoms with van der Waals surface area (Å²) in [5, 5.41) is 14.7. The number of hydrogen-bond acceptors (Lipinski definition) is 4. The summed E-state index contributed by atoms with van der Waals surface area (Å²) in [5.41, 5.74) is 1.80.